The zero-order valence-corrected chi connectivity index (χ0v) is 15.6. The Morgan fingerprint density at radius 3 is 2.44 bits per heavy atom. The summed E-state index contributed by atoms with van der Waals surface area (Å²) in [6.45, 7) is 9.23. The second-order valence-electron chi connectivity index (χ2n) is 7.81. The fraction of sp³-hybridized carbons (Fsp3) is 0.650. The first kappa shape index (κ1) is 18.2. The number of hydrogen-bond acceptors (Lipinski definition) is 3. The minimum Gasteiger partial charge on any atom is -0.375 e. The van der Waals surface area contributed by atoms with E-state index in [1.165, 1.54) is 5.56 Å². The summed E-state index contributed by atoms with van der Waals surface area (Å²) in [6.07, 6.45) is 2.19. The van der Waals surface area contributed by atoms with Gasteiger partial charge in [-0.2, -0.15) is 0 Å². The van der Waals surface area contributed by atoms with Gasteiger partial charge in [-0.3, -0.25) is 4.90 Å². The molecule has 3 rings (SSSR count). The van der Waals surface area contributed by atoms with Gasteiger partial charge in [-0.25, -0.2) is 4.79 Å². The van der Waals surface area contributed by atoms with E-state index in [2.05, 4.69) is 60.6 Å². The number of rotatable bonds is 4. The quantitative estimate of drug-likeness (QED) is 0.882. The molecule has 0 bridgehead atoms. The molecule has 0 aliphatic carbocycles. The Bertz CT molecular complexity index is 555. The molecule has 2 N–H and O–H groups in total. The number of hydrogen-bond donors (Lipinski definition) is 2. The van der Waals surface area contributed by atoms with Gasteiger partial charge in [-0.05, 0) is 38.2 Å². The number of carbonyl (C=O) groups excluding carboxylic acids is 1. The number of nitrogens with one attached hydrogen (secondary N) is 2. The zero-order valence-electron chi connectivity index (χ0n) is 15.6. The van der Waals surface area contributed by atoms with Crippen LogP contribution in [0.4, 0.5) is 4.79 Å². The molecule has 2 aliphatic heterocycles. The molecular weight excluding hydrogens is 314 g/mol. The normalized spacial score (nSPS) is 33.2. The molecule has 2 aliphatic rings. The molecule has 2 heterocycles. The fourth-order valence-electron chi connectivity index (χ4n) is 4.14. The number of benzene rings is 1. The predicted molar refractivity (Wildman–Crippen MR) is 99.4 cm³/mol. The smallest absolute Gasteiger partial charge is 0.315 e. The van der Waals surface area contributed by atoms with Crippen LogP contribution in [0.25, 0.3) is 0 Å². The van der Waals surface area contributed by atoms with Crippen LogP contribution in [-0.4, -0.2) is 48.3 Å². The summed E-state index contributed by atoms with van der Waals surface area (Å²) in [5, 5.41) is 6.33. The van der Waals surface area contributed by atoms with Gasteiger partial charge in [0.15, 0.2) is 0 Å². The van der Waals surface area contributed by atoms with Gasteiger partial charge < -0.3 is 15.4 Å². The van der Waals surface area contributed by atoms with E-state index in [0.29, 0.717) is 5.92 Å². The van der Waals surface area contributed by atoms with Gasteiger partial charge in [0.2, 0.25) is 0 Å². The number of amides is 2. The number of carbonyl (C=O) groups is 1. The van der Waals surface area contributed by atoms with Crippen LogP contribution in [0.5, 0.6) is 0 Å². The van der Waals surface area contributed by atoms with Crippen LogP contribution >= 0.6 is 0 Å². The maximum atomic E-state index is 12.4. The third kappa shape index (κ3) is 5.19. The molecule has 2 fully saturated rings. The third-order valence-electron chi connectivity index (χ3n) is 5.29. The van der Waals surface area contributed by atoms with Crippen molar-refractivity contribution < 1.29 is 9.53 Å². The Morgan fingerprint density at radius 1 is 1.08 bits per heavy atom. The van der Waals surface area contributed by atoms with Crippen molar-refractivity contribution in [2.24, 2.45) is 5.92 Å². The number of nitrogens with zero attached hydrogens (tertiary/aromatic N) is 1. The lowest BCUT2D eigenvalue weighted by atomic mass is 10.00. The van der Waals surface area contributed by atoms with Crippen molar-refractivity contribution in [2.45, 2.75) is 64.4 Å². The van der Waals surface area contributed by atoms with Crippen LogP contribution in [0, 0.1) is 5.92 Å². The summed E-state index contributed by atoms with van der Waals surface area (Å²) in [5.41, 5.74) is 1.32. The fourth-order valence-corrected chi connectivity index (χ4v) is 4.14. The minimum absolute atomic E-state index is 0.0373. The van der Waals surface area contributed by atoms with E-state index in [-0.39, 0.29) is 30.3 Å². The highest BCUT2D eigenvalue weighted by Gasteiger charge is 2.32. The van der Waals surface area contributed by atoms with Crippen molar-refractivity contribution in [3.63, 3.8) is 0 Å². The summed E-state index contributed by atoms with van der Waals surface area (Å²) >= 11 is 0. The van der Waals surface area contributed by atoms with Gasteiger partial charge in [0.25, 0.3) is 0 Å². The van der Waals surface area contributed by atoms with Crippen LogP contribution in [0.15, 0.2) is 30.3 Å². The van der Waals surface area contributed by atoms with Gasteiger partial charge >= 0.3 is 6.03 Å². The molecule has 138 valence electrons. The van der Waals surface area contributed by atoms with E-state index in [1.807, 2.05) is 6.07 Å². The maximum Gasteiger partial charge on any atom is 0.315 e. The van der Waals surface area contributed by atoms with Gasteiger partial charge in [0.1, 0.15) is 0 Å². The topological polar surface area (TPSA) is 53.6 Å². The molecule has 2 saturated heterocycles. The van der Waals surface area contributed by atoms with Crippen molar-refractivity contribution in [3.8, 4) is 0 Å². The van der Waals surface area contributed by atoms with Crippen molar-refractivity contribution in [1.82, 2.24) is 15.5 Å². The summed E-state index contributed by atoms with van der Waals surface area (Å²) in [6, 6.07) is 10.9. The molecule has 0 saturated carbocycles. The van der Waals surface area contributed by atoms with Gasteiger partial charge in [-0.1, -0.05) is 37.3 Å². The van der Waals surface area contributed by atoms with E-state index < -0.39 is 0 Å². The minimum atomic E-state index is -0.0373. The molecule has 0 radical (unpaired) electrons. The summed E-state index contributed by atoms with van der Waals surface area (Å²) in [4.78, 5) is 14.8. The van der Waals surface area contributed by atoms with Crippen LogP contribution in [-0.2, 0) is 11.3 Å². The number of urea groups is 1. The van der Waals surface area contributed by atoms with Gasteiger partial charge in [0.05, 0.1) is 12.2 Å². The molecule has 1 aromatic carbocycles. The third-order valence-corrected chi connectivity index (χ3v) is 5.29. The van der Waals surface area contributed by atoms with Crippen LogP contribution in [0.3, 0.4) is 0 Å². The van der Waals surface area contributed by atoms with Crippen LogP contribution in [0.2, 0.25) is 0 Å². The van der Waals surface area contributed by atoms with Crippen LogP contribution in [0.1, 0.15) is 39.2 Å². The lowest BCUT2D eigenvalue weighted by Crippen LogP contribution is -2.51. The Labute approximate surface area is 151 Å². The number of ether oxygens (including phenoxy) is 1. The van der Waals surface area contributed by atoms with Crippen molar-refractivity contribution >= 4 is 6.03 Å². The van der Waals surface area contributed by atoms with Crippen molar-refractivity contribution in [2.75, 3.05) is 13.1 Å². The molecule has 1 aromatic rings. The molecule has 0 spiro atoms. The second-order valence-corrected chi connectivity index (χ2v) is 7.81. The highest BCUT2D eigenvalue weighted by molar-refractivity contribution is 5.74. The largest absolute Gasteiger partial charge is 0.375 e. The first-order valence-electron chi connectivity index (χ1n) is 9.48. The zero-order chi connectivity index (χ0) is 17.8. The molecule has 0 aromatic heterocycles. The van der Waals surface area contributed by atoms with Crippen molar-refractivity contribution in [3.05, 3.63) is 35.9 Å². The predicted octanol–water partition coefficient (Wildman–Crippen LogP) is 2.76. The molecular formula is C20H31N3O2. The lowest BCUT2D eigenvalue weighted by molar-refractivity contribution is -0.0402. The Balaban J connectivity index is 1.46. The molecule has 2 amide bonds. The molecule has 5 atom stereocenters. The first-order chi connectivity index (χ1) is 12.0. The van der Waals surface area contributed by atoms with E-state index in [4.69, 9.17) is 4.74 Å². The van der Waals surface area contributed by atoms with E-state index in [1.54, 1.807) is 0 Å². The van der Waals surface area contributed by atoms with E-state index in [0.717, 1.165) is 32.5 Å². The molecule has 5 heteroatoms. The molecule has 25 heavy (non-hydrogen) atoms. The summed E-state index contributed by atoms with van der Waals surface area (Å²) in [5.74, 6) is 0.460. The lowest BCUT2D eigenvalue weighted by Gasteiger charge is -2.33. The monoisotopic (exact) mass is 345 g/mol. The average Bonchev–Trinajstić information content (AvgIpc) is 2.86. The molecule has 1 unspecified atom stereocenters. The van der Waals surface area contributed by atoms with Crippen molar-refractivity contribution in [1.29, 1.82) is 0 Å². The Morgan fingerprint density at radius 2 is 1.76 bits per heavy atom. The van der Waals surface area contributed by atoms with E-state index in [9.17, 15) is 4.79 Å². The number of likely N-dealkylation sites (tertiary alicyclic amines) is 1. The molecule has 5 nitrogen and oxygen atoms in total. The summed E-state index contributed by atoms with van der Waals surface area (Å²) in [7, 11) is 0. The van der Waals surface area contributed by atoms with Gasteiger partial charge in [0, 0.05) is 31.7 Å². The maximum absolute atomic E-state index is 12.4. The average molecular weight is 345 g/mol. The van der Waals surface area contributed by atoms with E-state index >= 15 is 0 Å². The Kier molecular flexibility index (Phi) is 5.97. The van der Waals surface area contributed by atoms with Gasteiger partial charge in [-0.15, -0.1) is 0 Å². The first-order valence-corrected chi connectivity index (χ1v) is 9.48. The standard InChI is InChI=1S/C20H31N3O2/c1-14-11-23(12-17-7-5-4-6-8-17)13-19(14)22-20(24)21-18-9-15(2)25-16(3)10-18/h4-8,14-16,18-19H,9-13H2,1-3H3,(H2,21,22,24)/t14-,15-,16+,18?,19-/m1/s1. The SMILES string of the molecule is C[C@@H]1CC(NC(=O)N[C@@H]2CN(Cc3ccccc3)C[C@H]2C)C[C@H](C)O1. The second kappa shape index (κ2) is 8.19. The van der Waals surface area contributed by atoms with Crippen LogP contribution < -0.4 is 10.6 Å². The highest BCUT2D eigenvalue weighted by atomic mass is 16.5. The highest BCUT2D eigenvalue weighted by Crippen LogP contribution is 2.20. The Hall–Kier alpha value is -1.59. The summed E-state index contributed by atoms with van der Waals surface area (Å²) < 4.78 is 5.74.